The molecule has 0 N–H and O–H groups in total. The van der Waals surface area contributed by atoms with E-state index in [4.69, 9.17) is 0 Å². The number of rotatable bonds is 2. The summed E-state index contributed by atoms with van der Waals surface area (Å²) in [6.07, 6.45) is 0. The molecular formula is Cl2O2Si. The molecule has 0 aliphatic carbocycles. The van der Waals surface area contributed by atoms with Crippen LogP contribution in [0.25, 0.3) is 0 Å². The number of hydrogen-bond donors (Lipinski definition) is 0. The smallest absolute Gasteiger partial charge is 0.286 e. The van der Waals surface area contributed by atoms with Gasteiger partial charge in [-0.2, -0.15) is 0 Å². The van der Waals surface area contributed by atoms with Gasteiger partial charge in [-0.25, -0.2) is 0 Å². The maximum atomic E-state index is 4.60. The second kappa shape index (κ2) is 4.72. The van der Waals surface area contributed by atoms with Crippen molar-refractivity contribution in [2.75, 3.05) is 0 Å². The summed E-state index contributed by atoms with van der Waals surface area (Å²) in [4.78, 5) is 0. The van der Waals surface area contributed by atoms with E-state index in [1.165, 1.54) is 0 Å². The predicted octanol–water partition coefficient (Wildman–Crippen LogP) is 0.861. The van der Waals surface area contributed by atoms with Crippen molar-refractivity contribution in [2.45, 2.75) is 0 Å². The third kappa shape index (κ3) is 4.72. The topological polar surface area (TPSA) is 18.5 Å². The van der Waals surface area contributed by atoms with Crippen LogP contribution in [0.3, 0.4) is 0 Å². The second-order valence-corrected chi connectivity index (χ2v) is 1.64. The van der Waals surface area contributed by atoms with E-state index < -0.39 is 0 Å². The van der Waals surface area contributed by atoms with Crippen LogP contribution in [0, 0.1) is 0 Å². The van der Waals surface area contributed by atoms with E-state index in [1.54, 1.807) is 0 Å². The van der Waals surface area contributed by atoms with Crippen molar-refractivity contribution in [2.24, 2.45) is 0 Å². The van der Waals surface area contributed by atoms with Gasteiger partial charge in [0.1, 0.15) is 0 Å². The predicted molar refractivity (Wildman–Crippen MR) is 19.6 cm³/mol. The lowest BCUT2D eigenvalue weighted by Crippen LogP contribution is -1.84. The van der Waals surface area contributed by atoms with E-state index in [1.807, 2.05) is 0 Å². The maximum absolute atomic E-state index is 4.60. The Morgan fingerprint density at radius 1 is 1.20 bits per heavy atom. The lowest BCUT2D eigenvalue weighted by atomic mass is 15.8. The van der Waals surface area contributed by atoms with Gasteiger partial charge in [-0.05, 0) is 0 Å². The van der Waals surface area contributed by atoms with Crippen LogP contribution < -0.4 is 0 Å². The highest BCUT2D eigenvalue weighted by atomic mass is 35.5. The molecule has 0 aromatic carbocycles. The normalized spacial score (nSPS) is 8.40. The summed E-state index contributed by atoms with van der Waals surface area (Å²) in [6.45, 7) is 0. The van der Waals surface area contributed by atoms with Crippen LogP contribution in [0.1, 0.15) is 0 Å². The van der Waals surface area contributed by atoms with Gasteiger partial charge in [-0.3, -0.25) is 7.96 Å². The van der Waals surface area contributed by atoms with Gasteiger partial charge < -0.3 is 0 Å². The highest BCUT2D eigenvalue weighted by Crippen LogP contribution is 1.78. The van der Waals surface area contributed by atoms with E-state index in [-0.39, 0.29) is 10.0 Å². The molecular weight excluding hydrogens is 131 g/mol. The molecule has 30 valence electrons. The first-order valence-electron chi connectivity index (χ1n) is 0.717. The number of hydrogen-bond acceptors (Lipinski definition) is 2. The first-order chi connectivity index (χ1) is 2.41. The lowest BCUT2D eigenvalue weighted by molar-refractivity contribution is 0.517. The Morgan fingerprint density at radius 3 is 1.60 bits per heavy atom. The van der Waals surface area contributed by atoms with E-state index >= 15 is 0 Å². The Balaban J connectivity index is 2.19. The van der Waals surface area contributed by atoms with E-state index in [2.05, 4.69) is 31.7 Å². The van der Waals surface area contributed by atoms with Crippen molar-refractivity contribution in [3.63, 3.8) is 0 Å². The molecule has 5 heavy (non-hydrogen) atoms. The molecule has 0 saturated carbocycles. The van der Waals surface area contributed by atoms with Crippen molar-refractivity contribution >= 4 is 33.7 Å². The lowest BCUT2D eigenvalue weighted by Gasteiger charge is -1.74. The van der Waals surface area contributed by atoms with Crippen molar-refractivity contribution in [3.05, 3.63) is 0 Å². The molecule has 0 aromatic heterocycles. The molecule has 0 spiro atoms. The molecule has 0 heterocycles. The van der Waals surface area contributed by atoms with Crippen LogP contribution in [-0.4, -0.2) is 10.0 Å². The zero-order valence-corrected chi connectivity index (χ0v) is 4.58. The fraction of sp³-hybridized carbons (Fsp3) is 0. The first-order valence-corrected chi connectivity index (χ1v) is 2.15. The standard InChI is InChI=1S/Cl2O2Si/c1-3-5-4-2. The summed E-state index contributed by atoms with van der Waals surface area (Å²) < 4.78 is 7.67. The van der Waals surface area contributed by atoms with Gasteiger partial charge in [-0.1, -0.05) is 0 Å². The van der Waals surface area contributed by atoms with Crippen LogP contribution in [0.2, 0.25) is 0 Å². The van der Waals surface area contributed by atoms with Crippen LogP contribution in [-0.2, 0) is 7.96 Å². The van der Waals surface area contributed by atoms with Gasteiger partial charge in [0.2, 0.25) is 0 Å². The average molecular weight is 131 g/mol. The fourth-order valence-corrected chi connectivity index (χ4v) is 0.321. The maximum Gasteiger partial charge on any atom is 0.470 e. The fourth-order valence-electron chi connectivity index (χ4n) is 0.0119. The third-order valence-electron chi connectivity index (χ3n) is 0.0630. The van der Waals surface area contributed by atoms with Crippen LogP contribution >= 0.6 is 23.7 Å². The summed E-state index contributed by atoms with van der Waals surface area (Å²) in [5.74, 6) is 0. The zero-order valence-electron chi connectivity index (χ0n) is 2.07. The molecule has 2 radical (unpaired) electrons. The Bertz CT molecular complexity index is 15.1. The largest absolute Gasteiger partial charge is 0.470 e. The highest BCUT2D eigenvalue weighted by molar-refractivity contribution is 6.36. The van der Waals surface area contributed by atoms with Crippen LogP contribution in [0.4, 0.5) is 0 Å². The summed E-state index contributed by atoms with van der Waals surface area (Å²) in [7, 11) is -0.272. The molecule has 0 atom stereocenters. The van der Waals surface area contributed by atoms with E-state index in [0.717, 1.165) is 0 Å². The molecule has 5 heteroatoms. The summed E-state index contributed by atoms with van der Waals surface area (Å²) >= 11 is 9.21. The molecule has 0 bridgehead atoms. The molecule has 0 aliphatic rings. The number of halogens is 2. The SMILES string of the molecule is ClO[Si]OCl. The molecule has 2 nitrogen and oxygen atoms in total. The van der Waals surface area contributed by atoms with Crippen molar-refractivity contribution in [3.8, 4) is 0 Å². The minimum absolute atomic E-state index is 0.272. The first kappa shape index (κ1) is 5.72. The Kier molecular flexibility index (Phi) is 5.39. The van der Waals surface area contributed by atoms with Gasteiger partial charge in [0.05, 0.1) is 23.7 Å². The summed E-state index contributed by atoms with van der Waals surface area (Å²) in [6, 6.07) is 0. The van der Waals surface area contributed by atoms with Gasteiger partial charge in [-0.15, -0.1) is 0 Å². The van der Waals surface area contributed by atoms with Gasteiger partial charge >= 0.3 is 10.0 Å². The zero-order chi connectivity index (χ0) is 4.12. The monoisotopic (exact) mass is 130 g/mol. The van der Waals surface area contributed by atoms with Crippen LogP contribution in [0.5, 0.6) is 0 Å². The highest BCUT2D eigenvalue weighted by Gasteiger charge is 1.80. The minimum atomic E-state index is -0.272. The summed E-state index contributed by atoms with van der Waals surface area (Å²) in [5.41, 5.74) is 0. The second-order valence-electron chi connectivity index (χ2n) is 0.238. The molecule has 0 fully saturated rings. The van der Waals surface area contributed by atoms with Crippen molar-refractivity contribution < 1.29 is 7.96 Å². The molecule has 0 saturated heterocycles. The molecule has 0 unspecified atom stereocenters. The van der Waals surface area contributed by atoms with Gasteiger partial charge in [0.15, 0.2) is 0 Å². The van der Waals surface area contributed by atoms with E-state index in [0.29, 0.717) is 0 Å². The third-order valence-corrected chi connectivity index (χ3v) is 0.567. The van der Waals surface area contributed by atoms with Crippen molar-refractivity contribution in [1.29, 1.82) is 0 Å². The quantitative estimate of drug-likeness (QED) is 0.517. The van der Waals surface area contributed by atoms with E-state index in [9.17, 15) is 0 Å². The molecule has 0 aliphatic heterocycles. The molecule has 0 rings (SSSR count). The molecule has 0 amide bonds. The van der Waals surface area contributed by atoms with Gasteiger partial charge in [0, 0.05) is 0 Å². The molecule has 0 aromatic rings. The summed E-state index contributed by atoms with van der Waals surface area (Å²) in [5, 5.41) is 0. The average Bonchev–Trinajstić information content (AvgIpc) is 1.41. The van der Waals surface area contributed by atoms with Gasteiger partial charge in [0.25, 0.3) is 0 Å². The Labute approximate surface area is 42.4 Å². The van der Waals surface area contributed by atoms with Crippen molar-refractivity contribution in [1.82, 2.24) is 0 Å². The van der Waals surface area contributed by atoms with Crippen LogP contribution in [0.15, 0.2) is 0 Å². The Morgan fingerprint density at radius 2 is 1.60 bits per heavy atom. The Hall–Kier alpha value is 0.717. The minimum Gasteiger partial charge on any atom is -0.286 e.